The van der Waals surface area contributed by atoms with Crippen molar-refractivity contribution in [1.82, 2.24) is 0 Å². The summed E-state index contributed by atoms with van der Waals surface area (Å²) in [6, 6.07) is 0. The van der Waals surface area contributed by atoms with Crippen molar-refractivity contribution in [3.8, 4) is 0 Å². The van der Waals surface area contributed by atoms with Gasteiger partial charge in [0, 0.05) is 12.8 Å². The predicted molar refractivity (Wildman–Crippen MR) is 67.3 cm³/mol. The van der Waals surface area contributed by atoms with Crippen LogP contribution >= 0.6 is 0 Å². The van der Waals surface area contributed by atoms with E-state index in [0.29, 0.717) is 6.42 Å². The van der Waals surface area contributed by atoms with Crippen molar-refractivity contribution in [2.45, 2.75) is 70.4 Å². The molecule has 0 bridgehead atoms. The minimum Gasteiger partial charge on any atom is -0.481 e. The number of epoxide rings is 2. The second-order valence-electron chi connectivity index (χ2n) is 7.56. The number of hydrogen-bond acceptors (Lipinski definition) is 3. The van der Waals surface area contributed by atoms with Gasteiger partial charge in [-0.25, -0.2) is 0 Å². The van der Waals surface area contributed by atoms with Crippen LogP contribution in [0.15, 0.2) is 0 Å². The molecule has 2 aliphatic heterocycles. The molecular formula is C15H22O4. The number of carboxylic acids is 1. The number of carbonyl (C=O) groups is 1. The van der Waals surface area contributed by atoms with E-state index in [1.54, 1.807) is 0 Å². The molecule has 4 nitrogen and oxygen atoms in total. The first-order chi connectivity index (χ1) is 8.88. The molecule has 0 aromatic carbocycles. The molecule has 106 valence electrons. The number of rotatable bonds is 2. The summed E-state index contributed by atoms with van der Waals surface area (Å²) in [6.07, 6.45) is 6.92. The molecule has 0 radical (unpaired) electrons. The Hall–Kier alpha value is -0.610. The summed E-state index contributed by atoms with van der Waals surface area (Å²) >= 11 is 0. The highest BCUT2D eigenvalue weighted by Gasteiger charge is 2.96. The van der Waals surface area contributed by atoms with E-state index in [-0.39, 0.29) is 11.3 Å². The van der Waals surface area contributed by atoms with Crippen LogP contribution < -0.4 is 0 Å². The predicted octanol–water partition coefficient (Wildman–Crippen LogP) is 2.91. The summed E-state index contributed by atoms with van der Waals surface area (Å²) in [7, 11) is 0. The Bertz CT molecular complexity index is 443. The zero-order valence-corrected chi connectivity index (χ0v) is 11.7. The summed E-state index contributed by atoms with van der Waals surface area (Å²) in [6.45, 7) is 4.19. The van der Waals surface area contributed by atoms with E-state index in [1.807, 2.05) is 0 Å². The van der Waals surface area contributed by atoms with Gasteiger partial charge in [0.25, 0.3) is 0 Å². The van der Waals surface area contributed by atoms with Gasteiger partial charge < -0.3 is 14.6 Å². The fourth-order valence-corrected chi connectivity index (χ4v) is 5.08. The number of ether oxygens (including phenoxy) is 2. The maximum Gasteiger partial charge on any atom is 0.310 e. The van der Waals surface area contributed by atoms with Gasteiger partial charge in [-0.3, -0.25) is 4.79 Å². The molecule has 2 aliphatic carbocycles. The van der Waals surface area contributed by atoms with E-state index >= 15 is 0 Å². The van der Waals surface area contributed by atoms with Gasteiger partial charge in [0.05, 0.1) is 5.41 Å². The highest BCUT2D eigenvalue weighted by atomic mass is 17.0. The van der Waals surface area contributed by atoms with Gasteiger partial charge in [0.15, 0.2) is 0 Å². The van der Waals surface area contributed by atoms with E-state index in [4.69, 9.17) is 9.47 Å². The van der Waals surface area contributed by atoms with Gasteiger partial charge in [0.1, 0.15) is 0 Å². The molecule has 0 aromatic rings. The summed E-state index contributed by atoms with van der Waals surface area (Å²) in [5, 5.41) is 10.0. The Balaban J connectivity index is 1.75. The van der Waals surface area contributed by atoms with E-state index < -0.39 is 23.0 Å². The van der Waals surface area contributed by atoms with Gasteiger partial charge in [-0.05, 0) is 24.2 Å². The molecule has 2 saturated heterocycles. The molecule has 1 unspecified atom stereocenters. The largest absolute Gasteiger partial charge is 0.481 e. The summed E-state index contributed by atoms with van der Waals surface area (Å²) < 4.78 is 11.4. The Morgan fingerprint density at radius 1 is 1.05 bits per heavy atom. The lowest BCUT2D eigenvalue weighted by molar-refractivity contribution is -0.170. The van der Waals surface area contributed by atoms with Crippen molar-refractivity contribution in [3.63, 3.8) is 0 Å². The lowest BCUT2D eigenvalue weighted by atomic mass is 9.50. The lowest BCUT2D eigenvalue weighted by Crippen LogP contribution is -2.54. The fourth-order valence-electron chi connectivity index (χ4n) is 5.08. The van der Waals surface area contributed by atoms with Gasteiger partial charge in [0.2, 0.25) is 11.6 Å². The molecule has 0 spiro atoms. The molecule has 1 atom stereocenters. The van der Waals surface area contributed by atoms with E-state index in [9.17, 15) is 9.90 Å². The van der Waals surface area contributed by atoms with Crippen LogP contribution in [0.1, 0.15) is 58.8 Å². The highest BCUT2D eigenvalue weighted by Crippen LogP contribution is 2.81. The zero-order chi connectivity index (χ0) is 13.5. The van der Waals surface area contributed by atoms with Crippen LogP contribution in [-0.2, 0) is 14.3 Å². The Kier molecular flexibility index (Phi) is 2.03. The molecule has 4 fully saturated rings. The first-order valence-electron chi connectivity index (χ1n) is 7.51. The SMILES string of the molecule is CC1(C)CC23OC2(CC1(C(=O)O)C1CCCCC1)O3. The van der Waals surface area contributed by atoms with Crippen LogP contribution in [-0.4, -0.2) is 22.7 Å². The second-order valence-corrected chi connectivity index (χ2v) is 7.56. The average Bonchev–Trinajstić information content (AvgIpc) is 3.12. The minimum absolute atomic E-state index is 0.267. The quantitative estimate of drug-likeness (QED) is 0.781. The number of aliphatic carboxylic acids is 1. The molecule has 2 saturated carbocycles. The third kappa shape index (κ3) is 1.25. The maximum atomic E-state index is 12.2. The van der Waals surface area contributed by atoms with Gasteiger partial charge in [-0.1, -0.05) is 33.1 Å². The molecule has 4 heteroatoms. The lowest BCUT2D eigenvalue weighted by Gasteiger charge is -2.50. The molecular weight excluding hydrogens is 244 g/mol. The third-order valence-electron chi connectivity index (χ3n) is 6.23. The van der Waals surface area contributed by atoms with Crippen LogP contribution in [0.2, 0.25) is 0 Å². The van der Waals surface area contributed by atoms with Crippen LogP contribution in [0.4, 0.5) is 0 Å². The van der Waals surface area contributed by atoms with Crippen molar-refractivity contribution in [2.75, 3.05) is 0 Å². The summed E-state index contributed by atoms with van der Waals surface area (Å²) in [4.78, 5) is 12.2. The van der Waals surface area contributed by atoms with Crippen molar-refractivity contribution >= 4 is 5.97 Å². The molecule has 0 aromatic heterocycles. The van der Waals surface area contributed by atoms with Crippen molar-refractivity contribution in [1.29, 1.82) is 0 Å². The van der Waals surface area contributed by atoms with Gasteiger partial charge in [-0.2, -0.15) is 0 Å². The van der Waals surface area contributed by atoms with Crippen LogP contribution in [0.5, 0.6) is 0 Å². The number of carboxylic acid groups (broad SMARTS) is 1. The van der Waals surface area contributed by atoms with Gasteiger partial charge in [-0.15, -0.1) is 0 Å². The molecule has 2 heterocycles. The minimum atomic E-state index is -0.677. The molecule has 0 amide bonds. The van der Waals surface area contributed by atoms with Crippen molar-refractivity contribution in [3.05, 3.63) is 0 Å². The van der Waals surface area contributed by atoms with Crippen molar-refractivity contribution < 1.29 is 19.4 Å². The van der Waals surface area contributed by atoms with Crippen LogP contribution in [0.25, 0.3) is 0 Å². The highest BCUT2D eigenvalue weighted by molar-refractivity contribution is 5.77. The fraction of sp³-hybridized carbons (Fsp3) is 0.933. The smallest absolute Gasteiger partial charge is 0.310 e. The molecule has 19 heavy (non-hydrogen) atoms. The van der Waals surface area contributed by atoms with Crippen LogP contribution in [0, 0.1) is 16.7 Å². The zero-order valence-electron chi connectivity index (χ0n) is 11.7. The standard InChI is InChI=1S/C15H22O4/c1-12(2)8-14-15(18-14,19-14)9-13(12,11(16)17)10-6-4-3-5-7-10/h10H,3-9H2,1-2H3,(H,16,17). The van der Waals surface area contributed by atoms with E-state index in [0.717, 1.165) is 32.1 Å². The van der Waals surface area contributed by atoms with Gasteiger partial charge >= 0.3 is 5.97 Å². The normalized spacial score (nSPS) is 51.1. The Labute approximate surface area is 113 Å². The topological polar surface area (TPSA) is 62.4 Å². The monoisotopic (exact) mass is 266 g/mol. The Morgan fingerprint density at radius 2 is 1.63 bits per heavy atom. The third-order valence-corrected chi connectivity index (χ3v) is 6.23. The first-order valence-corrected chi connectivity index (χ1v) is 7.51. The maximum absolute atomic E-state index is 12.2. The van der Waals surface area contributed by atoms with Crippen LogP contribution in [0.3, 0.4) is 0 Å². The summed E-state index contributed by atoms with van der Waals surface area (Å²) in [5.74, 6) is -1.28. The van der Waals surface area contributed by atoms with Crippen molar-refractivity contribution in [2.24, 2.45) is 16.7 Å². The average molecular weight is 266 g/mol. The second kappa shape index (κ2) is 3.17. The molecule has 4 aliphatic rings. The molecule has 1 N–H and O–H groups in total. The number of hydrogen-bond donors (Lipinski definition) is 1. The molecule has 4 rings (SSSR count). The summed E-state index contributed by atoms with van der Waals surface area (Å²) in [5.41, 5.74) is -0.943. The Morgan fingerprint density at radius 3 is 2.21 bits per heavy atom. The van der Waals surface area contributed by atoms with E-state index in [2.05, 4.69) is 13.8 Å². The first kappa shape index (κ1) is 12.2. The van der Waals surface area contributed by atoms with E-state index in [1.165, 1.54) is 6.42 Å².